The first kappa shape index (κ1) is 26.0. The van der Waals surface area contributed by atoms with Gasteiger partial charge in [0.25, 0.3) is 5.91 Å². The van der Waals surface area contributed by atoms with Gasteiger partial charge >= 0.3 is 0 Å². The smallest absolute Gasteiger partial charge is 0.262 e. The van der Waals surface area contributed by atoms with Crippen LogP contribution in [0.1, 0.15) is 41.0 Å². The number of aromatic nitrogens is 1. The van der Waals surface area contributed by atoms with E-state index in [1.54, 1.807) is 6.08 Å². The minimum atomic E-state index is -0.393. The minimum Gasteiger partial charge on any atom is -0.489 e. The van der Waals surface area contributed by atoms with E-state index < -0.39 is 5.91 Å². The van der Waals surface area contributed by atoms with Gasteiger partial charge < -0.3 is 14.6 Å². The quantitative estimate of drug-likeness (QED) is 0.185. The average molecular weight is 554 g/mol. The molecule has 0 saturated carbocycles. The second-order valence-electron chi connectivity index (χ2n) is 8.85. The molecule has 0 radical (unpaired) electrons. The molecule has 1 amide bonds. The number of carbonyl (C=O) groups excluding carboxylic acids is 1. The van der Waals surface area contributed by atoms with Gasteiger partial charge in [-0.05, 0) is 86.0 Å². The molecule has 0 saturated heterocycles. The normalized spacial score (nSPS) is 12.0. The summed E-state index contributed by atoms with van der Waals surface area (Å²) in [5.74, 6) is 0.390. The number of halogens is 1. The van der Waals surface area contributed by atoms with Gasteiger partial charge in [-0.15, -0.1) is 0 Å². The lowest BCUT2D eigenvalue weighted by atomic mass is 10.1. The van der Waals surface area contributed by atoms with Crippen LogP contribution in [0, 0.1) is 25.2 Å². The Balaban J connectivity index is 1.49. The Labute approximate surface area is 226 Å². The van der Waals surface area contributed by atoms with E-state index in [4.69, 9.17) is 4.74 Å². The summed E-state index contributed by atoms with van der Waals surface area (Å²) >= 11 is 3.44. The Morgan fingerprint density at radius 1 is 1.05 bits per heavy atom. The number of hydrogen-bond acceptors (Lipinski definition) is 3. The van der Waals surface area contributed by atoms with Crippen LogP contribution in [0.3, 0.4) is 0 Å². The first-order valence-corrected chi connectivity index (χ1v) is 12.8. The fourth-order valence-corrected chi connectivity index (χ4v) is 4.44. The number of nitriles is 1. The molecule has 4 rings (SSSR count). The molecular weight excluding hydrogens is 526 g/mol. The summed E-state index contributed by atoms with van der Waals surface area (Å²) in [7, 11) is 0. The first-order chi connectivity index (χ1) is 17.9. The van der Waals surface area contributed by atoms with Crippen LogP contribution in [0.15, 0.2) is 95.0 Å². The molecule has 0 bridgehead atoms. The Morgan fingerprint density at radius 2 is 1.73 bits per heavy atom. The highest BCUT2D eigenvalue weighted by atomic mass is 79.9. The van der Waals surface area contributed by atoms with Gasteiger partial charge in [0, 0.05) is 21.5 Å². The van der Waals surface area contributed by atoms with E-state index in [2.05, 4.69) is 31.9 Å². The number of ether oxygens (including phenoxy) is 1. The van der Waals surface area contributed by atoms with Gasteiger partial charge in [0.1, 0.15) is 24.0 Å². The summed E-state index contributed by atoms with van der Waals surface area (Å²) in [6.45, 7) is 6.38. The fourth-order valence-electron chi connectivity index (χ4n) is 4.17. The number of carbonyl (C=O) groups is 1. The van der Waals surface area contributed by atoms with Crippen LogP contribution < -0.4 is 10.1 Å². The molecule has 0 spiro atoms. The third kappa shape index (κ3) is 6.38. The third-order valence-electron chi connectivity index (χ3n) is 6.20. The van der Waals surface area contributed by atoms with Crippen LogP contribution in [0.4, 0.5) is 0 Å². The van der Waals surface area contributed by atoms with Crippen molar-refractivity contribution >= 4 is 27.9 Å². The lowest BCUT2D eigenvalue weighted by molar-refractivity contribution is -0.117. The number of hydrogen-bond donors (Lipinski definition) is 1. The van der Waals surface area contributed by atoms with Crippen molar-refractivity contribution in [2.24, 2.45) is 0 Å². The van der Waals surface area contributed by atoms with Crippen molar-refractivity contribution in [1.82, 2.24) is 9.88 Å². The maximum Gasteiger partial charge on any atom is 0.262 e. The Morgan fingerprint density at radius 3 is 2.38 bits per heavy atom. The molecule has 6 heteroatoms. The van der Waals surface area contributed by atoms with E-state index in [-0.39, 0.29) is 11.6 Å². The van der Waals surface area contributed by atoms with Crippen molar-refractivity contribution in [3.8, 4) is 17.5 Å². The highest BCUT2D eigenvalue weighted by molar-refractivity contribution is 9.10. The van der Waals surface area contributed by atoms with E-state index in [0.29, 0.717) is 6.61 Å². The predicted octanol–water partition coefficient (Wildman–Crippen LogP) is 7.22. The molecule has 0 aliphatic heterocycles. The maximum absolute atomic E-state index is 12.8. The van der Waals surface area contributed by atoms with Crippen molar-refractivity contribution in [3.05, 3.63) is 123 Å². The summed E-state index contributed by atoms with van der Waals surface area (Å²) in [4.78, 5) is 12.8. The zero-order valence-corrected chi connectivity index (χ0v) is 22.6. The molecule has 4 aromatic rings. The molecule has 5 nitrogen and oxygen atoms in total. The van der Waals surface area contributed by atoms with E-state index in [0.717, 1.165) is 44.0 Å². The summed E-state index contributed by atoms with van der Waals surface area (Å²) in [6.07, 6.45) is 1.65. The van der Waals surface area contributed by atoms with Crippen LogP contribution in [0.5, 0.6) is 5.75 Å². The Hall–Kier alpha value is -4.08. The lowest BCUT2D eigenvalue weighted by Crippen LogP contribution is -2.27. The molecule has 0 unspecified atom stereocenters. The second kappa shape index (κ2) is 11.8. The number of amides is 1. The van der Waals surface area contributed by atoms with Crippen molar-refractivity contribution < 1.29 is 9.53 Å². The number of aryl methyl sites for hydroxylation is 1. The predicted molar refractivity (Wildman–Crippen MR) is 150 cm³/mol. The molecule has 1 heterocycles. The molecule has 1 N–H and O–H groups in total. The van der Waals surface area contributed by atoms with Gasteiger partial charge in [-0.2, -0.15) is 5.26 Å². The fraction of sp³-hybridized carbons (Fsp3) is 0.161. The molecule has 0 aliphatic carbocycles. The highest BCUT2D eigenvalue weighted by Crippen LogP contribution is 2.25. The van der Waals surface area contributed by atoms with E-state index in [1.807, 2.05) is 106 Å². The third-order valence-corrected chi connectivity index (χ3v) is 6.72. The largest absolute Gasteiger partial charge is 0.489 e. The minimum absolute atomic E-state index is 0.0692. The zero-order valence-electron chi connectivity index (χ0n) is 21.0. The van der Waals surface area contributed by atoms with E-state index in [1.165, 1.54) is 0 Å². The van der Waals surface area contributed by atoms with Crippen molar-refractivity contribution in [1.29, 1.82) is 5.26 Å². The van der Waals surface area contributed by atoms with Crippen molar-refractivity contribution in [3.63, 3.8) is 0 Å². The summed E-state index contributed by atoms with van der Waals surface area (Å²) in [6, 6.07) is 29.5. The molecule has 186 valence electrons. The standard InChI is InChI=1S/C31H28BrN3O2/c1-21-17-26(18-27(19-33)31(36)34-22(2)25-7-5-4-6-8-25)23(3)35(21)29-13-15-30(16-14-29)37-20-24-9-11-28(32)12-10-24/h4-18,22H,20H2,1-3H3,(H,34,36)/b27-18-/t22-/m0/s1. The van der Waals surface area contributed by atoms with Crippen molar-refractivity contribution in [2.45, 2.75) is 33.4 Å². The molecule has 1 aromatic heterocycles. The van der Waals surface area contributed by atoms with Gasteiger partial charge in [0.15, 0.2) is 0 Å². The summed E-state index contributed by atoms with van der Waals surface area (Å²) in [5, 5.41) is 12.6. The molecule has 0 fully saturated rings. The summed E-state index contributed by atoms with van der Waals surface area (Å²) in [5.41, 5.74) is 5.89. The molecule has 37 heavy (non-hydrogen) atoms. The second-order valence-corrected chi connectivity index (χ2v) is 9.76. The van der Waals surface area contributed by atoms with Gasteiger partial charge in [0.05, 0.1) is 6.04 Å². The SMILES string of the molecule is Cc1cc(/C=C(/C#N)C(=O)N[C@@H](C)c2ccccc2)c(C)n1-c1ccc(OCc2ccc(Br)cc2)cc1. The average Bonchev–Trinajstić information content (AvgIpc) is 3.19. The lowest BCUT2D eigenvalue weighted by Gasteiger charge is -2.14. The number of nitrogens with one attached hydrogen (secondary N) is 1. The van der Waals surface area contributed by atoms with Crippen LogP contribution in [-0.2, 0) is 11.4 Å². The first-order valence-electron chi connectivity index (χ1n) is 12.0. The molecular formula is C31H28BrN3O2. The molecule has 1 atom stereocenters. The van der Waals surface area contributed by atoms with Gasteiger partial charge in [-0.25, -0.2) is 0 Å². The number of benzene rings is 3. The van der Waals surface area contributed by atoms with Crippen molar-refractivity contribution in [2.75, 3.05) is 0 Å². The molecule has 3 aromatic carbocycles. The number of nitrogens with zero attached hydrogens (tertiary/aromatic N) is 2. The van der Waals surface area contributed by atoms with Crippen LogP contribution in [0.25, 0.3) is 11.8 Å². The van der Waals surface area contributed by atoms with E-state index in [9.17, 15) is 10.1 Å². The van der Waals surface area contributed by atoms with Crippen LogP contribution >= 0.6 is 15.9 Å². The summed E-state index contributed by atoms with van der Waals surface area (Å²) < 4.78 is 9.07. The van der Waals surface area contributed by atoms with E-state index >= 15 is 0 Å². The van der Waals surface area contributed by atoms with Gasteiger partial charge in [-0.3, -0.25) is 4.79 Å². The van der Waals surface area contributed by atoms with Crippen LogP contribution in [0.2, 0.25) is 0 Å². The maximum atomic E-state index is 12.8. The zero-order chi connectivity index (χ0) is 26.4. The Kier molecular flexibility index (Phi) is 8.27. The Bertz CT molecular complexity index is 1450. The van der Waals surface area contributed by atoms with Gasteiger partial charge in [0.2, 0.25) is 0 Å². The number of rotatable bonds is 8. The highest BCUT2D eigenvalue weighted by Gasteiger charge is 2.16. The monoisotopic (exact) mass is 553 g/mol. The topological polar surface area (TPSA) is 67.0 Å². The molecule has 0 aliphatic rings. The van der Waals surface area contributed by atoms with Gasteiger partial charge in [-0.1, -0.05) is 58.4 Å². The van der Waals surface area contributed by atoms with Crippen LogP contribution in [-0.4, -0.2) is 10.5 Å².